The third-order valence-corrected chi connectivity index (χ3v) is 2.64. The molecule has 1 amide bonds. The molecule has 1 aliphatic rings. The number of nitrogens with one attached hydrogen (secondary N) is 1. The van der Waals surface area contributed by atoms with Crippen LogP contribution in [0.5, 0.6) is 5.75 Å². The number of aromatic nitrogens is 3. The number of ether oxygens (including phenoxy) is 1. The Morgan fingerprint density at radius 2 is 2.16 bits per heavy atom. The van der Waals surface area contributed by atoms with Gasteiger partial charge in [-0.3, -0.25) is 4.79 Å². The average molecular weight is 257 g/mol. The van der Waals surface area contributed by atoms with E-state index in [1.165, 1.54) is 0 Å². The number of hydrogen-bond acceptors (Lipinski definition) is 6. The Morgan fingerprint density at radius 3 is 2.95 bits per heavy atom. The number of anilines is 2. The van der Waals surface area contributed by atoms with E-state index in [0.29, 0.717) is 23.1 Å². The number of benzene rings is 1. The molecule has 0 saturated carbocycles. The van der Waals surface area contributed by atoms with Crippen LogP contribution in [0.3, 0.4) is 0 Å². The van der Waals surface area contributed by atoms with Gasteiger partial charge < -0.3 is 15.8 Å². The minimum atomic E-state index is -0.184. The van der Waals surface area contributed by atoms with Gasteiger partial charge in [0.15, 0.2) is 12.4 Å². The summed E-state index contributed by atoms with van der Waals surface area (Å²) < 4.78 is 5.28. The lowest BCUT2D eigenvalue weighted by molar-refractivity contribution is -0.118. The minimum Gasteiger partial charge on any atom is -0.482 e. The van der Waals surface area contributed by atoms with E-state index in [2.05, 4.69) is 20.3 Å². The van der Waals surface area contributed by atoms with Crippen molar-refractivity contribution in [2.45, 2.75) is 6.92 Å². The van der Waals surface area contributed by atoms with Crippen LogP contribution in [-0.2, 0) is 4.79 Å². The molecule has 0 radical (unpaired) electrons. The van der Waals surface area contributed by atoms with Gasteiger partial charge in [0.1, 0.15) is 11.6 Å². The lowest BCUT2D eigenvalue weighted by atomic mass is 10.1. The smallest absolute Gasteiger partial charge is 0.262 e. The van der Waals surface area contributed by atoms with Crippen LogP contribution >= 0.6 is 0 Å². The molecule has 2 aromatic rings. The Kier molecular flexibility index (Phi) is 2.52. The third kappa shape index (κ3) is 2.17. The van der Waals surface area contributed by atoms with Gasteiger partial charge in [0.2, 0.25) is 5.95 Å². The molecule has 0 aliphatic carbocycles. The maximum Gasteiger partial charge on any atom is 0.262 e. The van der Waals surface area contributed by atoms with Gasteiger partial charge in [0.05, 0.1) is 5.69 Å². The predicted molar refractivity (Wildman–Crippen MR) is 68.5 cm³/mol. The van der Waals surface area contributed by atoms with Crippen molar-refractivity contribution in [1.82, 2.24) is 15.0 Å². The van der Waals surface area contributed by atoms with Crippen LogP contribution in [0.15, 0.2) is 18.2 Å². The number of nitrogens with two attached hydrogens (primary N) is 1. The van der Waals surface area contributed by atoms with Gasteiger partial charge in [0, 0.05) is 5.56 Å². The van der Waals surface area contributed by atoms with Gasteiger partial charge in [0.25, 0.3) is 5.91 Å². The van der Waals surface area contributed by atoms with Crippen LogP contribution in [0.1, 0.15) is 5.82 Å². The van der Waals surface area contributed by atoms with E-state index in [-0.39, 0.29) is 18.5 Å². The summed E-state index contributed by atoms with van der Waals surface area (Å²) in [5, 5.41) is 2.73. The molecule has 0 spiro atoms. The summed E-state index contributed by atoms with van der Waals surface area (Å²) in [6.45, 7) is 1.77. The first kappa shape index (κ1) is 11.4. The van der Waals surface area contributed by atoms with E-state index in [0.717, 1.165) is 5.56 Å². The average Bonchev–Trinajstić information content (AvgIpc) is 2.36. The number of amides is 1. The second kappa shape index (κ2) is 4.20. The number of hydrogen-bond donors (Lipinski definition) is 2. The molecular weight excluding hydrogens is 246 g/mol. The van der Waals surface area contributed by atoms with Crippen molar-refractivity contribution < 1.29 is 9.53 Å². The van der Waals surface area contributed by atoms with Gasteiger partial charge in [-0.1, -0.05) is 0 Å². The molecule has 0 bridgehead atoms. The zero-order chi connectivity index (χ0) is 13.4. The summed E-state index contributed by atoms with van der Waals surface area (Å²) in [5.74, 6) is 1.62. The molecule has 2 heterocycles. The lowest BCUT2D eigenvalue weighted by Gasteiger charge is -2.18. The van der Waals surface area contributed by atoms with Crippen molar-refractivity contribution in [3.05, 3.63) is 24.0 Å². The summed E-state index contributed by atoms with van der Waals surface area (Å²) >= 11 is 0. The van der Waals surface area contributed by atoms with Crippen LogP contribution < -0.4 is 15.8 Å². The van der Waals surface area contributed by atoms with Crippen LogP contribution in [0.2, 0.25) is 0 Å². The summed E-state index contributed by atoms with van der Waals surface area (Å²) in [5.41, 5.74) is 6.94. The molecule has 7 heteroatoms. The number of rotatable bonds is 1. The third-order valence-electron chi connectivity index (χ3n) is 2.64. The highest BCUT2D eigenvalue weighted by atomic mass is 16.5. The Labute approximate surface area is 108 Å². The number of carbonyl (C=O) groups excluding carboxylic acids is 1. The largest absolute Gasteiger partial charge is 0.482 e. The highest BCUT2D eigenvalue weighted by Gasteiger charge is 2.17. The molecular formula is C12H11N5O2. The molecule has 19 heavy (non-hydrogen) atoms. The number of nitrogen functional groups attached to an aromatic ring is 1. The van der Waals surface area contributed by atoms with Crippen molar-refractivity contribution in [2.75, 3.05) is 17.7 Å². The molecule has 1 aromatic carbocycles. The molecule has 1 aliphatic heterocycles. The zero-order valence-electron chi connectivity index (χ0n) is 10.2. The van der Waals surface area contributed by atoms with Crippen LogP contribution in [0.4, 0.5) is 11.6 Å². The van der Waals surface area contributed by atoms with Crippen LogP contribution in [0.25, 0.3) is 11.4 Å². The molecule has 0 unspecified atom stereocenters. The number of fused-ring (bicyclic) bond motifs is 1. The number of carbonyl (C=O) groups is 1. The first-order chi connectivity index (χ1) is 9.11. The predicted octanol–water partition coefficient (Wildman–Crippen LogP) is 0.760. The highest BCUT2D eigenvalue weighted by molar-refractivity contribution is 5.96. The fourth-order valence-corrected chi connectivity index (χ4v) is 1.85. The summed E-state index contributed by atoms with van der Waals surface area (Å²) in [4.78, 5) is 23.5. The SMILES string of the molecule is Cc1nc(N)nc(-c2ccc3c(c2)NC(=O)CO3)n1. The maximum absolute atomic E-state index is 11.3. The maximum atomic E-state index is 11.3. The summed E-state index contributed by atoms with van der Waals surface area (Å²) in [6.07, 6.45) is 0. The van der Waals surface area contributed by atoms with E-state index in [1.54, 1.807) is 19.1 Å². The van der Waals surface area contributed by atoms with Crippen molar-refractivity contribution >= 4 is 17.5 Å². The number of nitrogens with zero attached hydrogens (tertiary/aromatic N) is 3. The fraction of sp³-hybridized carbons (Fsp3) is 0.167. The first-order valence-electron chi connectivity index (χ1n) is 5.67. The quantitative estimate of drug-likeness (QED) is 0.781. The Morgan fingerprint density at radius 1 is 1.32 bits per heavy atom. The molecule has 1 aromatic heterocycles. The van der Waals surface area contributed by atoms with E-state index >= 15 is 0 Å². The van der Waals surface area contributed by atoms with Crippen molar-refractivity contribution in [3.63, 3.8) is 0 Å². The Hall–Kier alpha value is -2.70. The van der Waals surface area contributed by atoms with Crippen molar-refractivity contribution in [2.24, 2.45) is 0 Å². The van der Waals surface area contributed by atoms with E-state index in [9.17, 15) is 4.79 Å². The number of aryl methyl sites for hydroxylation is 1. The Bertz CT molecular complexity index is 651. The normalized spacial score (nSPS) is 13.4. The molecule has 0 fully saturated rings. The molecule has 7 nitrogen and oxygen atoms in total. The standard InChI is InChI=1S/C12H11N5O2/c1-6-14-11(17-12(13)15-6)7-2-3-9-8(4-7)16-10(18)5-19-9/h2-4H,5H2,1H3,(H,16,18)(H2,13,14,15,17). The first-order valence-corrected chi connectivity index (χ1v) is 5.67. The van der Waals surface area contributed by atoms with Gasteiger partial charge in [-0.05, 0) is 25.1 Å². The monoisotopic (exact) mass is 257 g/mol. The van der Waals surface area contributed by atoms with Crippen LogP contribution in [0, 0.1) is 6.92 Å². The molecule has 96 valence electrons. The minimum absolute atomic E-state index is 0.0319. The summed E-state index contributed by atoms with van der Waals surface area (Å²) in [7, 11) is 0. The van der Waals surface area contributed by atoms with Crippen molar-refractivity contribution in [1.29, 1.82) is 0 Å². The van der Waals surface area contributed by atoms with Crippen molar-refractivity contribution in [3.8, 4) is 17.1 Å². The van der Waals surface area contributed by atoms with Gasteiger partial charge in [-0.25, -0.2) is 4.98 Å². The zero-order valence-corrected chi connectivity index (χ0v) is 10.2. The molecule has 3 rings (SSSR count). The van der Waals surface area contributed by atoms with Gasteiger partial charge >= 0.3 is 0 Å². The highest BCUT2D eigenvalue weighted by Crippen LogP contribution is 2.31. The molecule has 0 atom stereocenters. The second-order valence-electron chi connectivity index (χ2n) is 4.11. The molecule has 3 N–H and O–H groups in total. The van der Waals surface area contributed by atoms with Gasteiger partial charge in [-0.15, -0.1) is 0 Å². The van der Waals surface area contributed by atoms with E-state index in [4.69, 9.17) is 10.5 Å². The second-order valence-corrected chi connectivity index (χ2v) is 4.11. The lowest BCUT2D eigenvalue weighted by Crippen LogP contribution is -2.25. The fourth-order valence-electron chi connectivity index (χ4n) is 1.85. The van der Waals surface area contributed by atoms with Gasteiger partial charge in [-0.2, -0.15) is 9.97 Å². The van der Waals surface area contributed by atoms with Crippen LogP contribution in [-0.4, -0.2) is 27.5 Å². The summed E-state index contributed by atoms with van der Waals surface area (Å²) in [6, 6.07) is 5.32. The topological polar surface area (TPSA) is 103 Å². The van der Waals surface area contributed by atoms with E-state index < -0.39 is 0 Å². The molecule has 0 saturated heterocycles. The van der Waals surface area contributed by atoms with E-state index in [1.807, 2.05) is 6.07 Å². The Balaban J connectivity index is 2.06.